The summed E-state index contributed by atoms with van der Waals surface area (Å²) in [6, 6.07) is 7.22. The average Bonchev–Trinajstić information content (AvgIpc) is 2.62. The molecule has 11 heteroatoms. The van der Waals surface area contributed by atoms with Crippen molar-refractivity contribution in [2.45, 2.75) is 13.1 Å². The molecule has 0 radical (unpaired) electrons. The summed E-state index contributed by atoms with van der Waals surface area (Å²) in [6.45, 7) is 1.80. The van der Waals surface area contributed by atoms with Crippen molar-refractivity contribution < 1.29 is 27.4 Å². The molecule has 150 valence electrons. The van der Waals surface area contributed by atoms with Crippen LogP contribution in [0.3, 0.4) is 0 Å². The number of para-hydroxylation sites is 2. The second kappa shape index (κ2) is 9.56. The Morgan fingerprint density at radius 2 is 2.04 bits per heavy atom. The lowest BCUT2D eigenvalue weighted by Crippen LogP contribution is -2.33. The van der Waals surface area contributed by atoms with Gasteiger partial charge in [0.1, 0.15) is 11.6 Å². The maximum atomic E-state index is 12.7. The number of benzene rings is 1. The Labute approximate surface area is 169 Å². The third-order valence-electron chi connectivity index (χ3n) is 3.18. The average molecular weight is 434 g/mol. The van der Waals surface area contributed by atoms with Gasteiger partial charge in [0.25, 0.3) is 0 Å². The summed E-state index contributed by atoms with van der Waals surface area (Å²) in [4.78, 5) is 15.0. The number of nitrogens with zero attached hydrogens (tertiary/aromatic N) is 1. The number of thiocarbonyl (C=S) groups is 1. The van der Waals surface area contributed by atoms with Crippen LogP contribution in [-0.2, 0) is 15.7 Å². The third kappa shape index (κ3) is 6.24. The third-order valence-corrected chi connectivity index (χ3v) is 3.69. The van der Waals surface area contributed by atoms with Crippen molar-refractivity contribution >= 4 is 40.6 Å². The number of anilines is 1. The quantitative estimate of drug-likeness (QED) is 0.517. The maximum absolute atomic E-state index is 12.7. The number of pyridine rings is 1. The zero-order valence-corrected chi connectivity index (χ0v) is 16.0. The zero-order valence-electron chi connectivity index (χ0n) is 14.5. The van der Waals surface area contributed by atoms with Crippen LogP contribution in [-0.4, -0.2) is 29.2 Å². The number of rotatable bonds is 6. The van der Waals surface area contributed by atoms with Crippen molar-refractivity contribution in [2.24, 2.45) is 0 Å². The molecule has 6 nitrogen and oxygen atoms in total. The summed E-state index contributed by atoms with van der Waals surface area (Å²) in [7, 11) is 0. The van der Waals surface area contributed by atoms with E-state index in [0.29, 0.717) is 11.9 Å². The highest BCUT2D eigenvalue weighted by atomic mass is 35.5. The molecule has 0 fully saturated rings. The van der Waals surface area contributed by atoms with Gasteiger partial charge in [0.15, 0.2) is 10.9 Å². The van der Waals surface area contributed by atoms with Crippen LogP contribution < -0.4 is 15.4 Å². The first-order valence-corrected chi connectivity index (χ1v) is 8.69. The van der Waals surface area contributed by atoms with Gasteiger partial charge in [-0.15, -0.1) is 0 Å². The van der Waals surface area contributed by atoms with Crippen LogP contribution in [0, 0.1) is 0 Å². The Bertz CT molecular complexity index is 865. The molecule has 2 rings (SSSR count). The standard InChI is InChI=1S/C17H15ClF3N3O3S/c1-2-26-14(25)9-23-16(28)24-12-5-3-4-6-13(12)27-15-11(18)7-10(8-22-15)17(19,20)21/h3-8H,2,9H2,1H3,(H2,23,24,28). The van der Waals surface area contributed by atoms with Crippen molar-refractivity contribution in [1.82, 2.24) is 10.3 Å². The van der Waals surface area contributed by atoms with E-state index in [1.807, 2.05) is 0 Å². The first-order valence-electron chi connectivity index (χ1n) is 7.90. The number of halogens is 4. The predicted octanol–water partition coefficient (Wildman–Crippen LogP) is 4.40. The summed E-state index contributed by atoms with van der Waals surface area (Å²) < 4.78 is 48.4. The molecule has 0 spiro atoms. The first kappa shape index (κ1) is 21.7. The number of hydrogen-bond donors (Lipinski definition) is 2. The summed E-state index contributed by atoms with van der Waals surface area (Å²) in [6.07, 6.45) is -3.94. The van der Waals surface area contributed by atoms with Gasteiger partial charge in [0, 0.05) is 6.20 Å². The van der Waals surface area contributed by atoms with Crippen molar-refractivity contribution in [1.29, 1.82) is 0 Å². The molecule has 28 heavy (non-hydrogen) atoms. The molecule has 0 unspecified atom stereocenters. The molecule has 0 aliphatic heterocycles. The maximum Gasteiger partial charge on any atom is 0.417 e. The van der Waals surface area contributed by atoms with Gasteiger partial charge < -0.3 is 20.1 Å². The summed E-state index contributed by atoms with van der Waals surface area (Å²) in [5, 5.41) is 5.31. The molecule has 0 saturated heterocycles. The number of alkyl halides is 3. The van der Waals surface area contributed by atoms with Crippen LogP contribution in [0.2, 0.25) is 5.02 Å². The van der Waals surface area contributed by atoms with E-state index < -0.39 is 17.7 Å². The van der Waals surface area contributed by atoms with E-state index in [2.05, 4.69) is 15.6 Å². The van der Waals surface area contributed by atoms with Crippen LogP contribution in [0.15, 0.2) is 36.5 Å². The molecular weight excluding hydrogens is 419 g/mol. The van der Waals surface area contributed by atoms with Gasteiger partial charge in [0.05, 0.1) is 17.9 Å². The minimum Gasteiger partial charge on any atom is -0.465 e. The van der Waals surface area contributed by atoms with E-state index in [-0.39, 0.29) is 34.9 Å². The van der Waals surface area contributed by atoms with Gasteiger partial charge in [-0.1, -0.05) is 23.7 Å². The van der Waals surface area contributed by atoms with E-state index in [9.17, 15) is 18.0 Å². The molecular formula is C17H15ClF3N3O3S. The van der Waals surface area contributed by atoms with Gasteiger partial charge in [0.2, 0.25) is 5.88 Å². The van der Waals surface area contributed by atoms with Gasteiger partial charge >= 0.3 is 12.1 Å². The van der Waals surface area contributed by atoms with Crippen molar-refractivity contribution in [3.05, 3.63) is 47.1 Å². The highest BCUT2D eigenvalue weighted by molar-refractivity contribution is 7.80. The van der Waals surface area contributed by atoms with Crippen LogP contribution in [0.5, 0.6) is 11.6 Å². The van der Waals surface area contributed by atoms with Crippen LogP contribution in [0.4, 0.5) is 18.9 Å². The molecule has 2 N–H and O–H groups in total. The van der Waals surface area contributed by atoms with Crippen molar-refractivity contribution in [3.63, 3.8) is 0 Å². The molecule has 2 aromatic rings. The summed E-state index contributed by atoms with van der Waals surface area (Å²) in [5.41, 5.74) is -0.595. The molecule has 0 aliphatic carbocycles. The molecule has 0 saturated carbocycles. The SMILES string of the molecule is CCOC(=O)CNC(=S)Nc1ccccc1Oc1ncc(C(F)(F)F)cc1Cl. The molecule has 1 heterocycles. The Hall–Kier alpha value is -2.59. The van der Waals surface area contributed by atoms with Crippen molar-refractivity contribution in [3.8, 4) is 11.6 Å². The Balaban J connectivity index is 2.10. The molecule has 0 aliphatic rings. The van der Waals surface area contributed by atoms with Crippen LogP contribution >= 0.6 is 23.8 Å². The fraction of sp³-hybridized carbons (Fsp3) is 0.235. The lowest BCUT2D eigenvalue weighted by molar-refractivity contribution is -0.141. The normalized spacial score (nSPS) is 10.9. The molecule has 0 atom stereocenters. The molecule has 1 aromatic heterocycles. The summed E-state index contributed by atoms with van der Waals surface area (Å²) >= 11 is 11.0. The topological polar surface area (TPSA) is 72.5 Å². The Kier molecular flexibility index (Phi) is 7.41. The minimum atomic E-state index is -4.56. The zero-order chi connectivity index (χ0) is 20.7. The molecule has 0 bridgehead atoms. The van der Waals surface area contributed by atoms with Crippen LogP contribution in [0.1, 0.15) is 12.5 Å². The lowest BCUT2D eigenvalue weighted by atomic mass is 10.2. The summed E-state index contributed by atoms with van der Waals surface area (Å²) in [5.74, 6) is -0.455. The van der Waals surface area contributed by atoms with Crippen molar-refractivity contribution in [2.75, 3.05) is 18.5 Å². The largest absolute Gasteiger partial charge is 0.465 e. The van der Waals surface area contributed by atoms with Crippen LogP contribution in [0.25, 0.3) is 0 Å². The van der Waals surface area contributed by atoms with E-state index in [1.165, 1.54) is 0 Å². The van der Waals surface area contributed by atoms with Gasteiger partial charge in [-0.05, 0) is 37.3 Å². The predicted molar refractivity (Wildman–Crippen MR) is 102 cm³/mol. The number of carbonyl (C=O) groups excluding carboxylic acids is 1. The minimum absolute atomic E-state index is 0.121. The highest BCUT2D eigenvalue weighted by Crippen LogP contribution is 2.36. The van der Waals surface area contributed by atoms with E-state index >= 15 is 0 Å². The fourth-order valence-corrected chi connectivity index (χ4v) is 2.34. The number of esters is 1. The van der Waals surface area contributed by atoms with Gasteiger partial charge in [-0.3, -0.25) is 4.79 Å². The number of carbonyl (C=O) groups is 1. The van der Waals surface area contributed by atoms with E-state index in [4.69, 9.17) is 33.3 Å². The second-order valence-electron chi connectivity index (χ2n) is 5.22. The fourth-order valence-electron chi connectivity index (χ4n) is 1.95. The molecule has 0 amide bonds. The number of nitrogens with one attached hydrogen (secondary N) is 2. The number of hydrogen-bond acceptors (Lipinski definition) is 5. The van der Waals surface area contributed by atoms with E-state index in [0.717, 1.165) is 6.07 Å². The van der Waals surface area contributed by atoms with Gasteiger partial charge in [-0.25, -0.2) is 4.98 Å². The second-order valence-corrected chi connectivity index (χ2v) is 6.04. The first-order chi connectivity index (χ1) is 13.2. The lowest BCUT2D eigenvalue weighted by Gasteiger charge is -2.15. The van der Waals surface area contributed by atoms with E-state index in [1.54, 1.807) is 31.2 Å². The monoisotopic (exact) mass is 433 g/mol. The Morgan fingerprint density at radius 1 is 1.32 bits per heavy atom. The Morgan fingerprint density at radius 3 is 2.68 bits per heavy atom. The number of ether oxygens (including phenoxy) is 2. The highest BCUT2D eigenvalue weighted by Gasteiger charge is 2.31. The smallest absolute Gasteiger partial charge is 0.417 e. The molecule has 1 aromatic carbocycles. The number of aromatic nitrogens is 1. The van der Waals surface area contributed by atoms with Gasteiger partial charge in [-0.2, -0.15) is 13.2 Å².